The maximum Gasteiger partial charge on any atom is 0.397 e. The number of rotatable bonds is 6. The van der Waals surface area contributed by atoms with Crippen molar-refractivity contribution in [3.05, 3.63) is 0 Å². The lowest BCUT2D eigenvalue weighted by molar-refractivity contribution is -0.172. The van der Waals surface area contributed by atoms with Crippen molar-refractivity contribution in [3.63, 3.8) is 0 Å². The second kappa shape index (κ2) is 8.51. The van der Waals surface area contributed by atoms with E-state index < -0.39 is 28.6 Å². The van der Waals surface area contributed by atoms with Crippen LogP contribution in [0.2, 0.25) is 0 Å². The molecule has 0 aromatic heterocycles. The summed E-state index contributed by atoms with van der Waals surface area (Å²) in [6.07, 6.45) is 7.11. The van der Waals surface area contributed by atoms with E-state index in [1.165, 1.54) is 0 Å². The van der Waals surface area contributed by atoms with Crippen molar-refractivity contribution in [2.75, 3.05) is 0 Å². The fourth-order valence-electron chi connectivity index (χ4n) is 8.97. The molecule has 4 saturated carbocycles. The number of aliphatic hydroxyl groups excluding tert-OH is 1. The first-order chi connectivity index (χ1) is 14.8. The largest absolute Gasteiger partial charge is 0.481 e. The zero-order valence-corrected chi connectivity index (χ0v) is 20.4. The highest BCUT2D eigenvalue weighted by Crippen LogP contribution is 2.68. The molecule has 0 amide bonds. The predicted molar refractivity (Wildman–Crippen MR) is 119 cm³/mol. The third-order valence-corrected chi connectivity index (χ3v) is 11.0. The molecule has 0 radical (unpaired) electrons. The molecule has 10 atom stereocenters. The van der Waals surface area contributed by atoms with Crippen LogP contribution in [0.15, 0.2) is 0 Å². The number of carboxylic acids is 1. The molecule has 184 valence electrons. The fraction of sp³-hybridized carbons (Fsp3) is 0.958. The van der Waals surface area contributed by atoms with Gasteiger partial charge in [0.1, 0.15) is 0 Å². The average Bonchev–Trinajstić information content (AvgIpc) is 3.03. The van der Waals surface area contributed by atoms with Crippen LogP contribution in [0.1, 0.15) is 85.0 Å². The van der Waals surface area contributed by atoms with Gasteiger partial charge in [-0.2, -0.15) is 8.42 Å². The van der Waals surface area contributed by atoms with Gasteiger partial charge in [0.25, 0.3) is 0 Å². The molecule has 32 heavy (non-hydrogen) atoms. The number of carbonyl (C=O) groups is 1. The zero-order valence-electron chi connectivity index (χ0n) is 19.6. The highest BCUT2D eigenvalue weighted by molar-refractivity contribution is 7.80. The van der Waals surface area contributed by atoms with Gasteiger partial charge in [-0.15, -0.1) is 0 Å². The number of carboxylic acid groups (broad SMARTS) is 1. The first-order valence-electron chi connectivity index (χ1n) is 12.4. The molecule has 4 rings (SSSR count). The standard InChI is InChI=1S/C24H40O7S/c1-14(4-7-21(26)27)17-5-6-18-22-19(9-11-24(17,18)3)23(2)10-8-16(31-32(28,29)30)12-15(23)13-20(22)25/h14-20,22,25H,4-13H2,1-3H3,(H,26,27)(H,28,29,30)/t14-,15+,16-,17-,18+,19+,20-,22+,23+,24-/m1/s1. The van der Waals surface area contributed by atoms with E-state index in [1.54, 1.807) is 0 Å². The summed E-state index contributed by atoms with van der Waals surface area (Å²) in [5.41, 5.74) is 0.200. The average molecular weight is 473 g/mol. The van der Waals surface area contributed by atoms with Crippen molar-refractivity contribution in [2.45, 2.75) is 97.2 Å². The second-order valence-electron chi connectivity index (χ2n) is 11.9. The van der Waals surface area contributed by atoms with E-state index in [4.69, 9.17) is 13.8 Å². The van der Waals surface area contributed by atoms with Gasteiger partial charge >= 0.3 is 16.4 Å². The van der Waals surface area contributed by atoms with Crippen LogP contribution in [0.3, 0.4) is 0 Å². The lowest BCUT2D eigenvalue weighted by Gasteiger charge is -2.62. The molecular formula is C24H40O7S. The third-order valence-electron chi connectivity index (χ3n) is 10.5. The van der Waals surface area contributed by atoms with Crippen LogP contribution in [0, 0.1) is 46.3 Å². The summed E-state index contributed by atoms with van der Waals surface area (Å²) in [4.78, 5) is 11.1. The third kappa shape index (κ3) is 4.25. The smallest absolute Gasteiger partial charge is 0.397 e. The maximum absolute atomic E-state index is 11.4. The van der Waals surface area contributed by atoms with Crippen molar-refractivity contribution in [1.29, 1.82) is 0 Å². The van der Waals surface area contributed by atoms with Crippen LogP contribution in [0.25, 0.3) is 0 Å². The molecule has 3 N–H and O–H groups in total. The van der Waals surface area contributed by atoms with Crippen LogP contribution in [0.4, 0.5) is 0 Å². The quantitative estimate of drug-likeness (QED) is 0.493. The molecule has 0 unspecified atom stereocenters. The number of fused-ring (bicyclic) bond motifs is 5. The first-order valence-corrected chi connectivity index (χ1v) is 13.8. The highest BCUT2D eigenvalue weighted by Gasteiger charge is 2.63. The molecule has 0 bridgehead atoms. The SMILES string of the molecule is C[C@H](CCC(=O)O)[C@H]1CC[C@H]2[C@@H]3[C@H](O)C[C@@H]4C[C@H](OS(=O)(=O)O)CC[C@]4(C)[C@H]3CC[C@]12C. The van der Waals surface area contributed by atoms with Gasteiger partial charge in [0, 0.05) is 6.42 Å². The monoisotopic (exact) mass is 472 g/mol. The zero-order chi connectivity index (χ0) is 23.5. The van der Waals surface area contributed by atoms with Gasteiger partial charge in [0.15, 0.2) is 0 Å². The van der Waals surface area contributed by atoms with Gasteiger partial charge < -0.3 is 10.2 Å². The highest BCUT2D eigenvalue weighted by atomic mass is 32.3. The molecule has 4 fully saturated rings. The van der Waals surface area contributed by atoms with Crippen molar-refractivity contribution in [1.82, 2.24) is 0 Å². The van der Waals surface area contributed by atoms with Crippen LogP contribution >= 0.6 is 0 Å². The van der Waals surface area contributed by atoms with Crippen molar-refractivity contribution < 1.29 is 32.2 Å². The molecule has 4 aliphatic carbocycles. The molecule has 0 spiro atoms. The molecule has 0 heterocycles. The van der Waals surface area contributed by atoms with Crippen LogP contribution < -0.4 is 0 Å². The summed E-state index contributed by atoms with van der Waals surface area (Å²) in [7, 11) is -4.46. The van der Waals surface area contributed by atoms with E-state index >= 15 is 0 Å². The summed E-state index contributed by atoms with van der Waals surface area (Å²) >= 11 is 0. The number of aliphatic hydroxyl groups is 1. The van der Waals surface area contributed by atoms with E-state index in [0.717, 1.165) is 32.1 Å². The summed E-state index contributed by atoms with van der Waals surface area (Å²) < 4.78 is 36.4. The van der Waals surface area contributed by atoms with Gasteiger partial charge in [-0.3, -0.25) is 9.35 Å². The molecule has 0 aromatic rings. The fourth-order valence-corrected chi connectivity index (χ4v) is 9.49. The normalized spacial score (nSPS) is 47.2. The Labute approximate surface area is 192 Å². The Morgan fingerprint density at radius 3 is 2.38 bits per heavy atom. The van der Waals surface area contributed by atoms with Crippen LogP contribution in [-0.2, 0) is 19.4 Å². The minimum Gasteiger partial charge on any atom is -0.481 e. The minimum atomic E-state index is -4.46. The Morgan fingerprint density at radius 1 is 1.06 bits per heavy atom. The summed E-state index contributed by atoms with van der Waals surface area (Å²) in [5, 5.41) is 20.5. The summed E-state index contributed by atoms with van der Waals surface area (Å²) in [6.45, 7) is 6.93. The second-order valence-corrected chi connectivity index (χ2v) is 12.9. The lowest BCUT2D eigenvalue weighted by Crippen LogP contribution is -2.58. The van der Waals surface area contributed by atoms with Gasteiger partial charge in [0.2, 0.25) is 0 Å². The predicted octanol–water partition coefficient (Wildman–Crippen LogP) is 4.31. The van der Waals surface area contributed by atoms with Crippen molar-refractivity contribution in [2.24, 2.45) is 46.3 Å². The molecule has 8 heteroatoms. The number of aliphatic carboxylic acids is 1. The van der Waals surface area contributed by atoms with Gasteiger partial charge in [-0.05, 0) is 104 Å². The van der Waals surface area contributed by atoms with E-state index in [1.807, 2.05) is 0 Å². The van der Waals surface area contributed by atoms with Crippen LogP contribution in [0.5, 0.6) is 0 Å². The van der Waals surface area contributed by atoms with E-state index in [0.29, 0.717) is 49.4 Å². The Morgan fingerprint density at radius 2 is 1.72 bits per heavy atom. The van der Waals surface area contributed by atoms with Crippen molar-refractivity contribution >= 4 is 16.4 Å². The summed E-state index contributed by atoms with van der Waals surface area (Å²) in [6, 6.07) is 0. The Hall–Kier alpha value is -0.700. The Balaban J connectivity index is 1.52. The van der Waals surface area contributed by atoms with Crippen LogP contribution in [-0.4, -0.2) is 41.4 Å². The molecule has 0 saturated heterocycles. The first kappa shape index (κ1) is 24.4. The topological polar surface area (TPSA) is 121 Å². The van der Waals surface area contributed by atoms with E-state index in [9.17, 15) is 18.3 Å². The number of hydrogen-bond donors (Lipinski definition) is 3. The van der Waals surface area contributed by atoms with Gasteiger partial charge in [-0.25, -0.2) is 4.18 Å². The minimum absolute atomic E-state index is 0.0529. The molecule has 0 aliphatic heterocycles. The Bertz CT molecular complexity index is 828. The van der Waals surface area contributed by atoms with E-state index in [-0.39, 0.29) is 29.1 Å². The molecular weight excluding hydrogens is 432 g/mol. The van der Waals surface area contributed by atoms with E-state index in [2.05, 4.69) is 20.8 Å². The molecule has 4 aliphatic rings. The Kier molecular flexibility index (Phi) is 6.49. The van der Waals surface area contributed by atoms with Gasteiger partial charge in [0.05, 0.1) is 12.2 Å². The molecule has 7 nitrogen and oxygen atoms in total. The number of hydrogen-bond acceptors (Lipinski definition) is 5. The maximum atomic E-state index is 11.4. The van der Waals surface area contributed by atoms with Crippen molar-refractivity contribution in [3.8, 4) is 0 Å². The molecule has 0 aromatic carbocycles. The summed E-state index contributed by atoms with van der Waals surface area (Å²) in [5.74, 6) is 1.46. The lowest BCUT2D eigenvalue weighted by atomic mass is 9.43. The van der Waals surface area contributed by atoms with Gasteiger partial charge in [-0.1, -0.05) is 20.8 Å².